The Bertz CT molecular complexity index is 1180. The highest BCUT2D eigenvalue weighted by Crippen LogP contribution is 2.44. The molecule has 35 heavy (non-hydrogen) atoms. The van der Waals surface area contributed by atoms with Crippen LogP contribution in [0.2, 0.25) is 0 Å². The lowest BCUT2D eigenvalue weighted by molar-refractivity contribution is -0.140. The summed E-state index contributed by atoms with van der Waals surface area (Å²) >= 11 is 0. The average molecular weight is 507 g/mol. The van der Waals surface area contributed by atoms with Crippen LogP contribution in [-0.4, -0.2) is 41.9 Å². The Morgan fingerprint density at radius 3 is 2.69 bits per heavy atom. The Balaban J connectivity index is 1.56. The van der Waals surface area contributed by atoms with Crippen molar-refractivity contribution in [1.29, 1.82) is 0 Å². The van der Waals surface area contributed by atoms with Gasteiger partial charge >= 0.3 is 19.4 Å². The van der Waals surface area contributed by atoms with E-state index in [-0.39, 0.29) is 12.6 Å². The van der Waals surface area contributed by atoms with Gasteiger partial charge in [0.15, 0.2) is 6.23 Å². The number of hydrogen-bond donors (Lipinski definition) is 2. The summed E-state index contributed by atoms with van der Waals surface area (Å²) in [6.45, 7) is 1.84. The molecular weight excluding hydrogens is 477 g/mol. The highest BCUT2D eigenvalue weighted by molar-refractivity contribution is 7.52. The molecule has 1 unspecified atom stereocenters. The molecule has 1 aromatic carbocycles. The van der Waals surface area contributed by atoms with Crippen molar-refractivity contribution >= 4 is 13.7 Å². The molecule has 0 spiro atoms. The Labute approximate surface area is 202 Å². The number of rotatable bonds is 13. The van der Waals surface area contributed by atoms with Gasteiger partial charge in [-0.15, -0.1) is 0 Å². The highest BCUT2D eigenvalue weighted by atomic mass is 31.2. The molecule has 0 aliphatic carbocycles. The van der Waals surface area contributed by atoms with Crippen LogP contribution in [0.5, 0.6) is 5.75 Å². The monoisotopic (exact) mass is 507 g/mol. The molecule has 11 nitrogen and oxygen atoms in total. The quantitative estimate of drug-likeness (QED) is 0.181. The second-order valence-electron chi connectivity index (χ2n) is 7.92. The van der Waals surface area contributed by atoms with Crippen LogP contribution in [0.3, 0.4) is 0 Å². The molecule has 12 heteroatoms. The third-order valence-corrected chi connectivity index (χ3v) is 6.74. The van der Waals surface area contributed by atoms with E-state index < -0.39 is 31.3 Å². The van der Waals surface area contributed by atoms with Gasteiger partial charge in [-0.05, 0) is 38.0 Å². The zero-order valence-corrected chi connectivity index (χ0v) is 20.6. The summed E-state index contributed by atoms with van der Waals surface area (Å²) in [6, 6.07) is 8.65. The van der Waals surface area contributed by atoms with Gasteiger partial charge in [0.25, 0.3) is 5.56 Å². The third kappa shape index (κ3) is 8.03. The van der Waals surface area contributed by atoms with Gasteiger partial charge in [-0.25, -0.2) is 14.4 Å². The molecule has 2 aromatic rings. The minimum absolute atomic E-state index is 0.0937. The fourth-order valence-electron chi connectivity index (χ4n) is 3.30. The first kappa shape index (κ1) is 26.6. The van der Waals surface area contributed by atoms with E-state index in [0.29, 0.717) is 37.1 Å². The number of unbranched alkanes of at least 4 members (excludes halogenated alkanes) is 2. The minimum atomic E-state index is -3.75. The lowest BCUT2D eigenvalue weighted by Gasteiger charge is -2.22. The molecule has 3 rings (SSSR count). The number of esters is 1. The number of carbonyl (C=O) groups is 1. The molecule has 190 valence electrons. The fraction of sp³-hybridized carbons (Fsp3) is 0.435. The maximum Gasteiger partial charge on any atom is 0.458 e. The van der Waals surface area contributed by atoms with Crippen LogP contribution in [0, 0.1) is 6.92 Å². The van der Waals surface area contributed by atoms with E-state index >= 15 is 0 Å². The van der Waals surface area contributed by atoms with Gasteiger partial charge in [-0.2, -0.15) is 0 Å². The molecule has 2 N–H and O–H groups in total. The maximum absolute atomic E-state index is 13.4. The van der Waals surface area contributed by atoms with Crippen molar-refractivity contribution in [3.8, 4) is 5.75 Å². The SMILES string of the molecule is COC(=O)CCCCCNP(=O)(OC[C@@H]1C=C[C@H](n2cc(C)c(=O)[nH]c2=O)O1)Oc1ccccc1. The van der Waals surface area contributed by atoms with Crippen LogP contribution in [0.25, 0.3) is 0 Å². The summed E-state index contributed by atoms with van der Waals surface area (Å²) in [5, 5.41) is 2.86. The van der Waals surface area contributed by atoms with Crippen molar-refractivity contribution < 1.29 is 27.9 Å². The Hall–Kier alpha value is -2.98. The largest absolute Gasteiger partial charge is 0.469 e. The number of hydrogen-bond acceptors (Lipinski definition) is 8. The van der Waals surface area contributed by atoms with Gasteiger partial charge in [0, 0.05) is 24.7 Å². The molecule has 1 aliphatic heterocycles. The molecule has 2 heterocycles. The van der Waals surface area contributed by atoms with Gasteiger partial charge in [0.1, 0.15) is 11.9 Å². The number of nitrogens with one attached hydrogen (secondary N) is 2. The van der Waals surface area contributed by atoms with Crippen molar-refractivity contribution in [2.45, 2.75) is 44.9 Å². The van der Waals surface area contributed by atoms with Gasteiger partial charge < -0.3 is 14.0 Å². The first-order valence-corrected chi connectivity index (χ1v) is 12.8. The number of methoxy groups -OCH3 is 1. The average Bonchev–Trinajstić information content (AvgIpc) is 3.32. The van der Waals surface area contributed by atoms with Crippen LogP contribution < -0.4 is 20.9 Å². The Morgan fingerprint density at radius 1 is 1.17 bits per heavy atom. The zero-order chi connectivity index (χ0) is 25.3. The first-order valence-electron chi connectivity index (χ1n) is 11.3. The van der Waals surface area contributed by atoms with Gasteiger partial charge in [0.2, 0.25) is 0 Å². The Kier molecular flexibility index (Phi) is 9.62. The van der Waals surface area contributed by atoms with Crippen molar-refractivity contribution in [1.82, 2.24) is 14.6 Å². The smallest absolute Gasteiger partial charge is 0.458 e. The van der Waals surface area contributed by atoms with Crippen molar-refractivity contribution in [3.63, 3.8) is 0 Å². The summed E-state index contributed by atoms with van der Waals surface area (Å²) in [6.07, 6.45) is 5.82. The number of para-hydroxylation sites is 1. The summed E-state index contributed by atoms with van der Waals surface area (Å²) in [7, 11) is -2.40. The molecule has 1 aromatic heterocycles. The molecule has 0 bridgehead atoms. The van der Waals surface area contributed by atoms with E-state index in [9.17, 15) is 18.9 Å². The number of aryl methyl sites for hydroxylation is 1. The normalized spacial score (nSPS) is 18.8. The Morgan fingerprint density at radius 2 is 1.94 bits per heavy atom. The number of H-pyrrole nitrogens is 1. The third-order valence-electron chi connectivity index (χ3n) is 5.19. The molecule has 0 fully saturated rings. The van der Waals surface area contributed by atoms with E-state index in [1.165, 1.54) is 17.9 Å². The lowest BCUT2D eigenvalue weighted by atomic mass is 10.2. The first-order chi connectivity index (χ1) is 16.8. The topological polar surface area (TPSA) is 138 Å². The second-order valence-corrected chi connectivity index (χ2v) is 9.67. The van der Waals surface area contributed by atoms with Crippen molar-refractivity contribution in [2.24, 2.45) is 0 Å². The second kappa shape index (κ2) is 12.6. The van der Waals surface area contributed by atoms with Crippen molar-refractivity contribution in [3.05, 3.63) is 75.1 Å². The highest BCUT2D eigenvalue weighted by Gasteiger charge is 2.30. The van der Waals surface area contributed by atoms with Gasteiger partial charge in [0.05, 0.1) is 13.7 Å². The van der Waals surface area contributed by atoms with Gasteiger partial charge in [-0.1, -0.05) is 30.7 Å². The predicted octanol–water partition coefficient (Wildman–Crippen LogP) is 2.83. The van der Waals surface area contributed by atoms with Crippen LogP contribution >= 0.6 is 7.75 Å². The molecule has 3 atom stereocenters. The molecule has 0 radical (unpaired) electrons. The van der Waals surface area contributed by atoms with E-state index in [1.54, 1.807) is 43.3 Å². The number of ether oxygens (including phenoxy) is 2. The van der Waals surface area contributed by atoms with Crippen molar-refractivity contribution in [2.75, 3.05) is 20.3 Å². The predicted molar refractivity (Wildman–Crippen MR) is 128 cm³/mol. The molecule has 0 saturated heterocycles. The number of carbonyl (C=O) groups excluding carboxylic acids is 1. The summed E-state index contributed by atoms with van der Waals surface area (Å²) in [5.41, 5.74) is -0.676. The lowest BCUT2D eigenvalue weighted by Crippen LogP contribution is -2.33. The number of nitrogens with zero attached hydrogens (tertiary/aromatic N) is 1. The molecule has 1 aliphatic rings. The summed E-state index contributed by atoms with van der Waals surface area (Å²) in [4.78, 5) is 37.2. The van der Waals surface area contributed by atoms with Gasteiger partial charge in [-0.3, -0.25) is 23.7 Å². The van der Waals surface area contributed by atoms with E-state index in [4.69, 9.17) is 13.8 Å². The fourth-order valence-corrected chi connectivity index (χ4v) is 4.69. The van der Waals surface area contributed by atoms with E-state index in [0.717, 1.165) is 6.42 Å². The molecule has 0 amide bonds. The van der Waals surface area contributed by atoms with Crippen LogP contribution in [-0.2, 0) is 23.4 Å². The van der Waals surface area contributed by atoms with E-state index in [1.807, 2.05) is 6.07 Å². The number of aromatic nitrogens is 2. The van der Waals surface area contributed by atoms with Crippen LogP contribution in [0.4, 0.5) is 0 Å². The summed E-state index contributed by atoms with van der Waals surface area (Å²) in [5.74, 6) is 0.117. The molecular formula is C23H30N3O8P. The van der Waals surface area contributed by atoms with Crippen LogP contribution in [0.1, 0.15) is 37.5 Å². The summed E-state index contributed by atoms with van der Waals surface area (Å²) < 4.78 is 36.4. The molecule has 0 saturated carbocycles. The minimum Gasteiger partial charge on any atom is -0.469 e. The number of aromatic amines is 1. The van der Waals surface area contributed by atoms with E-state index in [2.05, 4.69) is 14.8 Å². The van der Waals surface area contributed by atoms with Crippen LogP contribution in [0.15, 0.2) is 58.3 Å². The number of benzene rings is 1. The maximum atomic E-state index is 13.4. The standard InChI is InChI=1S/C23H30N3O8P/c1-17-15-26(23(29)25-22(17)28)20-13-12-19(33-20)16-32-35(30,34-18-9-5-3-6-10-18)24-14-8-4-7-11-21(27)31-2/h3,5-6,9-10,12-13,15,19-20H,4,7-8,11,14,16H2,1-2H3,(H,24,30)(H,25,28,29)/t19-,20+,35?/m0/s1. The zero-order valence-electron chi connectivity index (χ0n) is 19.7.